The van der Waals surface area contributed by atoms with Crippen molar-refractivity contribution in [2.45, 2.75) is 26.3 Å². The highest BCUT2D eigenvalue weighted by Gasteiger charge is 2.18. The van der Waals surface area contributed by atoms with Crippen molar-refractivity contribution in [1.29, 1.82) is 0 Å². The van der Waals surface area contributed by atoms with Gasteiger partial charge in [-0.3, -0.25) is 19.7 Å². The van der Waals surface area contributed by atoms with Gasteiger partial charge in [-0.15, -0.1) is 0 Å². The highest BCUT2D eigenvalue weighted by molar-refractivity contribution is 6.29. The Hall–Kier alpha value is -4.26. The number of amides is 2. The number of nitrogens with one attached hydrogen (secondary N) is 2. The van der Waals surface area contributed by atoms with Gasteiger partial charge >= 0.3 is 0 Å². The molecule has 0 aliphatic heterocycles. The molecule has 33 heavy (non-hydrogen) atoms. The Morgan fingerprint density at radius 3 is 2.39 bits per heavy atom. The lowest BCUT2D eigenvalue weighted by Crippen LogP contribution is -2.32. The number of carbonyl (C=O) groups excluding carboxylic acids is 2. The normalized spacial score (nSPS) is 12.0. The minimum absolute atomic E-state index is 0.00472. The summed E-state index contributed by atoms with van der Waals surface area (Å²) in [6, 6.07) is 21.9. The highest BCUT2D eigenvalue weighted by atomic mass is 16.6. The van der Waals surface area contributed by atoms with Crippen LogP contribution >= 0.6 is 0 Å². The van der Waals surface area contributed by atoms with Crippen molar-refractivity contribution in [2.24, 2.45) is 0 Å². The van der Waals surface area contributed by atoms with Gasteiger partial charge in [-0.25, -0.2) is 0 Å². The number of carbonyl (C=O) groups is 2. The average molecular weight is 444 g/mol. The van der Waals surface area contributed by atoms with Crippen molar-refractivity contribution < 1.29 is 14.5 Å². The van der Waals surface area contributed by atoms with Gasteiger partial charge in [0, 0.05) is 23.7 Å². The fraction of sp³-hybridized carbons (Fsp3) is 0.154. The number of hydrogen-bond acceptors (Lipinski definition) is 4. The Bertz CT molecular complexity index is 1190. The molecule has 0 aromatic heterocycles. The van der Waals surface area contributed by atoms with E-state index in [1.165, 1.54) is 12.1 Å². The predicted octanol–water partition coefficient (Wildman–Crippen LogP) is 5.30. The van der Waals surface area contributed by atoms with Crippen LogP contribution in [-0.2, 0) is 4.79 Å². The Morgan fingerprint density at radius 1 is 1.00 bits per heavy atom. The van der Waals surface area contributed by atoms with E-state index >= 15 is 0 Å². The third-order valence-electron chi connectivity index (χ3n) is 5.13. The quantitative estimate of drug-likeness (QED) is 0.213. The number of nitrogens with zero attached hydrogens (tertiary/aromatic N) is 1. The molecule has 0 aliphatic carbocycles. The maximum Gasteiger partial charge on any atom is 0.270 e. The molecule has 0 aliphatic rings. The topological polar surface area (TPSA) is 101 Å². The van der Waals surface area contributed by atoms with E-state index in [1.807, 2.05) is 19.9 Å². The molecular weight excluding hydrogens is 418 g/mol. The van der Waals surface area contributed by atoms with E-state index in [4.69, 9.17) is 0 Å². The van der Waals surface area contributed by atoms with Crippen molar-refractivity contribution >= 4 is 34.8 Å². The third kappa shape index (κ3) is 6.13. The summed E-state index contributed by atoms with van der Waals surface area (Å²) in [5, 5.41) is 16.9. The summed E-state index contributed by atoms with van der Waals surface area (Å²) >= 11 is 0. The van der Waals surface area contributed by atoms with Crippen LogP contribution in [0.1, 0.15) is 41.8 Å². The lowest BCUT2D eigenvalue weighted by molar-refractivity contribution is -0.384. The van der Waals surface area contributed by atoms with Crippen molar-refractivity contribution in [2.75, 3.05) is 5.32 Å². The van der Waals surface area contributed by atoms with Crippen molar-refractivity contribution in [3.8, 4) is 0 Å². The minimum Gasteiger partial charge on any atom is -0.350 e. The van der Waals surface area contributed by atoms with Crippen LogP contribution in [0.2, 0.25) is 0 Å². The van der Waals surface area contributed by atoms with E-state index in [0.29, 0.717) is 28.0 Å². The number of non-ortho nitro benzene ring substituents is 1. The molecule has 0 fully saturated rings. The second-order valence-corrected chi connectivity index (χ2v) is 7.56. The van der Waals surface area contributed by atoms with E-state index in [0.717, 1.165) is 6.42 Å². The first-order valence-electron chi connectivity index (χ1n) is 10.6. The van der Waals surface area contributed by atoms with E-state index in [-0.39, 0.29) is 17.6 Å². The molecular formula is C26H25N3O4. The summed E-state index contributed by atoms with van der Waals surface area (Å²) in [5.74, 6) is -0.708. The van der Waals surface area contributed by atoms with E-state index in [9.17, 15) is 19.7 Å². The number of rotatable bonds is 8. The second kappa shape index (κ2) is 10.9. The minimum atomic E-state index is -0.480. The Morgan fingerprint density at radius 2 is 1.70 bits per heavy atom. The van der Waals surface area contributed by atoms with Gasteiger partial charge in [0.1, 0.15) is 0 Å². The molecule has 0 bridgehead atoms. The van der Waals surface area contributed by atoms with E-state index in [1.54, 1.807) is 66.7 Å². The van der Waals surface area contributed by atoms with Crippen molar-refractivity contribution in [1.82, 2.24) is 5.32 Å². The monoisotopic (exact) mass is 443 g/mol. The zero-order chi connectivity index (χ0) is 23.8. The van der Waals surface area contributed by atoms with Crippen LogP contribution in [0.5, 0.6) is 0 Å². The lowest BCUT2D eigenvalue weighted by atomic mass is 10.0. The summed E-state index contributed by atoms with van der Waals surface area (Å²) in [6.07, 6.45) is 2.38. The Kier molecular flexibility index (Phi) is 7.70. The van der Waals surface area contributed by atoms with Gasteiger partial charge in [0.2, 0.25) is 0 Å². The number of anilines is 1. The van der Waals surface area contributed by atoms with Crippen LogP contribution in [0.25, 0.3) is 11.6 Å². The van der Waals surface area contributed by atoms with E-state index < -0.39 is 10.8 Å². The molecule has 7 heteroatoms. The molecule has 1 atom stereocenters. The molecule has 0 unspecified atom stereocenters. The summed E-state index contributed by atoms with van der Waals surface area (Å²) in [7, 11) is 0. The maximum atomic E-state index is 13.3. The van der Waals surface area contributed by atoms with Crippen LogP contribution in [0.4, 0.5) is 11.4 Å². The first-order chi connectivity index (χ1) is 15.9. The van der Waals surface area contributed by atoms with Crippen LogP contribution in [0.15, 0.2) is 78.9 Å². The Labute approximate surface area is 192 Å². The molecule has 0 spiro atoms. The smallest absolute Gasteiger partial charge is 0.270 e. The number of benzene rings is 3. The second-order valence-electron chi connectivity index (χ2n) is 7.56. The number of hydrogen-bond donors (Lipinski definition) is 2. The van der Waals surface area contributed by atoms with Gasteiger partial charge in [-0.05, 0) is 42.7 Å². The van der Waals surface area contributed by atoms with Gasteiger partial charge in [0.05, 0.1) is 16.2 Å². The molecule has 3 aromatic rings. The summed E-state index contributed by atoms with van der Waals surface area (Å²) in [4.78, 5) is 36.7. The van der Waals surface area contributed by atoms with Crippen LogP contribution in [0.3, 0.4) is 0 Å². The van der Waals surface area contributed by atoms with Crippen LogP contribution < -0.4 is 10.6 Å². The van der Waals surface area contributed by atoms with Gasteiger partial charge in [0.15, 0.2) is 0 Å². The third-order valence-corrected chi connectivity index (χ3v) is 5.13. The number of nitro groups is 1. The first-order valence-corrected chi connectivity index (χ1v) is 10.6. The number of nitro benzene ring substituents is 1. The van der Waals surface area contributed by atoms with E-state index in [2.05, 4.69) is 10.6 Å². The molecule has 2 N–H and O–H groups in total. The molecule has 0 saturated heterocycles. The molecule has 0 saturated carbocycles. The zero-order valence-electron chi connectivity index (χ0n) is 18.4. The lowest BCUT2D eigenvalue weighted by Gasteiger charge is -2.15. The van der Waals surface area contributed by atoms with Crippen molar-refractivity contribution in [3.63, 3.8) is 0 Å². The maximum absolute atomic E-state index is 13.3. The van der Waals surface area contributed by atoms with Crippen LogP contribution in [-0.4, -0.2) is 22.8 Å². The van der Waals surface area contributed by atoms with Gasteiger partial charge < -0.3 is 10.6 Å². The molecule has 0 radical (unpaired) electrons. The zero-order valence-corrected chi connectivity index (χ0v) is 18.4. The predicted molar refractivity (Wildman–Crippen MR) is 130 cm³/mol. The molecule has 2 amide bonds. The van der Waals surface area contributed by atoms with Crippen molar-refractivity contribution in [3.05, 3.63) is 106 Å². The average Bonchev–Trinajstić information content (AvgIpc) is 2.83. The summed E-state index contributed by atoms with van der Waals surface area (Å²) < 4.78 is 0. The van der Waals surface area contributed by atoms with Gasteiger partial charge in [-0.1, -0.05) is 61.5 Å². The molecule has 3 aromatic carbocycles. The first kappa shape index (κ1) is 23.4. The molecule has 0 heterocycles. The highest BCUT2D eigenvalue weighted by Crippen LogP contribution is 2.24. The largest absolute Gasteiger partial charge is 0.350 e. The Balaban J connectivity index is 1.97. The summed E-state index contributed by atoms with van der Waals surface area (Å²) in [5.41, 5.74) is 2.14. The summed E-state index contributed by atoms with van der Waals surface area (Å²) in [6.45, 7) is 3.89. The molecule has 7 nitrogen and oxygen atoms in total. The number of para-hydroxylation sites is 1. The fourth-order valence-electron chi connectivity index (χ4n) is 3.18. The fourth-order valence-corrected chi connectivity index (χ4v) is 3.18. The SMILES string of the molecule is CC[C@H](C)NC(=O)c1ccccc1NC(=O)/C(=C/c1cccc([N+](=O)[O-])c1)c1ccccc1. The molecule has 168 valence electrons. The molecule has 3 rings (SSSR count). The van der Waals surface area contributed by atoms with Crippen LogP contribution in [0, 0.1) is 10.1 Å². The standard InChI is InChI=1S/C26H25N3O4/c1-3-18(2)27-25(30)22-14-7-8-15-24(22)28-26(31)23(20-11-5-4-6-12-20)17-19-10-9-13-21(16-19)29(32)33/h4-18H,3H2,1-2H3,(H,27,30)(H,28,31)/b23-17+/t18-/m0/s1. The van der Waals surface area contributed by atoms with Gasteiger partial charge in [-0.2, -0.15) is 0 Å². The van der Waals surface area contributed by atoms with Gasteiger partial charge in [0.25, 0.3) is 17.5 Å².